The second-order valence-corrected chi connectivity index (χ2v) is 6.62. The molecule has 28 heavy (non-hydrogen) atoms. The van der Waals surface area contributed by atoms with E-state index in [4.69, 9.17) is 14.0 Å². The van der Waals surface area contributed by atoms with Crippen molar-refractivity contribution in [3.63, 3.8) is 0 Å². The summed E-state index contributed by atoms with van der Waals surface area (Å²) in [6.45, 7) is 3.10. The molecule has 1 aliphatic heterocycles. The van der Waals surface area contributed by atoms with Crippen LogP contribution in [0, 0.1) is 6.92 Å². The number of rotatable bonds is 6. The lowest BCUT2D eigenvalue weighted by atomic mass is 9.97. The fraction of sp³-hybridized carbons (Fsp3) is 0.286. The first-order valence-corrected chi connectivity index (χ1v) is 9.18. The Hall–Kier alpha value is -3.19. The van der Waals surface area contributed by atoms with Crippen molar-refractivity contribution in [3.8, 4) is 5.75 Å². The van der Waals surface area contributed by atoms with E-state index in [0.29, 0.717) is 24.7 Å². The third-order valence-corrected chi connectivity index (χ3v) is 4.60. The number of carbonyl (C=O) groups is 1. The summed E-state index contributed by atoms with van der Waals surface area (Å²) in [5.74, 6) is 0.782. The summed E-state index contributed by atoms with van der Waals surface area (Å²) in [6.07, 6.45) is 2.38. The van der Waals surface area contributed by atoms with Crippen molar-refractivity contribution in [2.75, 3.05) is 13.2 Å². The molecular formula is C21H21N3O4. The minimum Gasteiger partial charge on any atom is -0.484 e. The van der Waals surface area contributed by atoms with Crippen LogP contribution in [0.25, 0.3) is 0 Å². The number of aromatic nitrogens is 2. The van der Waals surface area contributed by atoms with Crippen LogP contribution in [0.1, 0.15) is 39.2 Å². The molecule has 7 heteroatoms. The van der Waals surface area contributed by atoms with Gasteiger partial charge in [-0.3, -0.25) is 9.78 Å². The fourth-order valence-corrected chi connectivity index (χ4v) is 3.10. The summed E-state index contributed by atoms with van der Waals surface area (Å²) in [5, 5.41) is 6.69. The summed E-state index contributed by atoms with van der Waals surface area (Å²) >= 11 is 0. The van der Waals surface area contributed by atoms with Crippen molar-refractivity contribution in [1.82, 2.24) is 15.5 Å². The van der Waals surface area contributed by atoms with E-state index >= 15 is 0 Å². The number of pyridine rings is 1. The van der Waals surface area contributed by atoms with Gasteiger partial charge < -0.3 is 19.3 Å². The fourth-order valence-electron chi connectivity index (χ4n) is 3.10. The first kappa shape index (κ1) is 18.2. The smallest absolute Gasteiger partial charge is 0.273 e. The molecule has 1 atom stereocenters. The number of carbonyl (C=O) groups excluding carboxylic acids is 1. The predicted molar refractivity (Wildman–Crippen MR) is 101 cm³/mol. The van der Waals surface area contributed by atoms with E-state index in [1.807, 2.05) is 37.3 Å². The molecule has 1 N–H and O–H groups in total. The van der Waals surface area contributed by atoms with Gasteiger partial charge in [0.1, 0.15) is 18.5 Å². The van der Waals surface area contributed by atoms with Crippen LogP contribution in [0.3, 0.4) is 0 Å². The van der Waals surface area contributed by atoms with Crippen LogP contribution >= 0.6 is 0 Å². The van der Waals surface area contributed by atoms with Gasteiger partial charge in [0.15, 0.2) is 11.5 Å². The summed E-state index contributed by atoms with van der Waals surface area (Å²) in [7, 11) is 0. The number of fused-ring (bicyclic) bond motifs is 1. The van der Waals surface area contributed by atoms with Crippen molar-refractivity contribution in [2.24, 2.45) is 0 Å². The topological polar surface area (TPSA) is 86.5 Å². The van der Waals surface area contributed by atoms with Gasteiger partial charge in [0, 0.05) is 18.3 Å². The molecule has 1 aromatic carbocycles. The van der Waals surface area contributed by atoms with Gasteiger partial charge in [-0.1, -0.05) is 29.4 Å². The monoisotopic (exact) mass is 379 g/mol. The van der Waals surface area contributed by atoms with Crippen molar-refractivity contribution in [2.45, 2.75) is 26.1 Å². The first-order valence-electron chi connectivity index (χ1n) is 9.18. The van der Waals surface area contributed by atoms with Crippen LogP contribution < -0.4 is 10.1 Å². The molecule has 0 radical (unpaired) electrons. The van der Waals surface area contributed by atoms with Gasteiger partial charge in [-0.2, -0.15) is 0 Å². The molecule has 0 saturated heterocycles. The molecule has 7 nitrogen and oxygen atoms in total. The zero-order valence-electron chi connectivity index (χ0n) is 15.6. The molecule has 0 aliphatic carbocycles. The van der Waals surface area contributed by atoms with Crippen LogP contribution in [0.4, 0.5) is 0 Å². The van der Waals surface area contributed by atoms with E-state index in [0.717, 1.165) is 17.7 Å². The Labute approximate surface area is 162 Å². The van der Waals surface area contributed by atoms with Crippen molar-refractivity contribution in [1.29, 1.82) is 0 Å². The second kappa shape index (κ2) is 8.22. The van der Waals surface area contributed by atoms with Gasteiger partial charge in [0.25, 0.3) is 5.91 Å². The van der Waals surface area contributed by atoms with E-state index < -0.39 is 0 Å². The lowest BCUT2D eigenvalue weighted by Crippen LogP contribution is -2.32. The molecule has 0 bridgehead atoms. The Balaban J connectivity index is 1.32. The average molecular weight is 379 g/mol. The zero-order chi connectivity index (χ0) is 19.3. The number of nitrogens with zero attached hydrogens (tertiary/aromatic N) is 2. The number of hydrogen-bond acceptors (Lipinski definition) is 6. The number of ether oxygens (including phenoxy) is 2. The number of aryl methyl sites for hydroxylation is 1. The average Bonchev–Trinajstić information content (AvgIpc) is 3.21. The van der Waals surface area contributed by atoms with E-state index in [2.05, 4.69) is 21.5 Å². The Morgan fingerprint density at radius 1 is 1.29 bits per heavy atom. The quantitative estimate of drug-likeness (QED) is 0.709. The summed E-state index contributed by atoms with van der Waals surface area (Å²) in [6, 6.07) is 13.4. The van der Waals surface area contributed by atoms with E-state index in [1.165, 1.54) is 5.56 Å². The van der Waals surface area contributed by atoms with Gasteiger partial charge in [-0.05, 0) is 36.6 Å². The summed E-state index contributed by atoms with van der Waals surface area (Å²) in [5.41, 5.74) is 3.51. The van der Waals surface area contributed by atoms with Gasteiger partial charge in [0.05, 0.1) is 12.8 Å². The molecule has 1 amide bonds. The third-order valence-electron chi connectivity index (χ3n) is 4.60. The highest BCUT2D eigenvalue weighted by Crippen LogP contribution is 2.26. The van der Waals surface area contributed by atoms with E-state index in [-0.39, 0.29) is 24.3 Å². The lowest BCUT2D eigenvalue weighted by molar-refractivity contribution is 0.0410. The van der Waals surface area contributed by atoms with Crippen LogP contribution in [0.2, 0.25) is 0 Å². The minimum atomic E-state index is -0.307. The number of nitrogens with one attached hydrogen (secondary N) is 1. The second-order valence-electron chi connectivity index (χ2n) is 6.62. The van der Waals surface area contributed by atoms with Crippen LogP contribution in [0.5, 0.6) is 5.75 Å². The highest BCUT2D eigenvalue weighted by molar-refractivity contribution is 5.92. The number of hydrogen-bond donors (Lipinski definition) is 1. The highest BCUT2D eigenvalue weighted by Gasteiger charge is 2.22. The summed E-state index contributed by atoms with van der Waals surface area (Å²) < 4.78 is 16.6. The maximum absolute atomic E-state index is 12.4. The Morgan fingerprint density at radius 2 is 2.18 bits per heavy atom. The molecule has 2 aromatic heterocycles. The van der Waals surface area contributed by atoms with Gasteiger partial charge in [0.2, 0.25) is 0 Å². The molecule has 4 rings (SSSR count). The van der Waals surface area contributed by atoms with Gasteiger partial charge in [-0.15, -0.1) is 0 Å². The molecule has 144 valence electrons. The maximum atomic E-state index is 12.4. The molecule has 0 fully saturated rings. The van der Waals surface area contributed by atoms with Crippen LogP contribution in [-0.4, -0.2) is 29.2 Å². The molecule has 0 saturated carbocycles. The SMILES string of the molecule is Cc1ccc(OCc2cc(C(=O)NC[C@@H]3OCCc4ccccc43)no2)cn1. The molecule has 3 heterocycles. The molecule has 1 aliphatic rings. The van der Waals surface area contributed by atoms with E-state index in [1.54, 1.807) is 12.3 Å². The van der Waals surface area contributed by atoms with Crippen LogP contribution in [0.15, 0.2) is 53.2 Å². The van der Waals surface area contributed by atoms with Crippen molar-refractivity contribution in [3.05, 3.63) is 76.9 Å². The number of amides is 1. The molecule has 0 unspecified atom stereocenters. The zero-order valence-corrected chi connectivity index (χ0v) is 15.6. The largest absolute Gasteiger partial charge is 0.484 e. The first-order chi connectivity index (χ1) is 13.7. The molecular weight excluding hydrogens is 358 g/mol. The minimum absolute atomic E-state index is 0.155. The van der Waals surface area contributed by atoms with Crippen molar-refractivity contribution < 1.29 is 18.8 Å². The van der Waals surface area contributed by atoms with Gasteiger partial charge in [-0.25, -0.2) is 0 Å². The normalized spacial score (nSPS) is 15.7. The number of benzene rings is 1. The predicted octanol–water partition coefficient (Wildman–Crippen LogP) is 3.00. The van der Waals surface area contributed by atoms with Crippen LogP contribution in [-0.2, 0) is 17.8 Å². The Kier molecular flexibility index (Phi) is 5.34. The van der Waals surface area contributed by atoms with Crippen molar-refractivity contribution >= 4 is 5.91 Å². The third kappa shape index (κ3) is 4.20. The van der Waals surface area contributed by atoms with E-state index in [9.17, 15) is 4.79 Å². The maximum Gasteiger partial charge on any atom is 0.273 e. The standard InChI is InChI=1S/C21H21N3O4/c1-14-6-7-16(11-22-14)27-13-17-10-19(24-28-17)21(25)23-12-20-18-5-3-2-4-15(18)8-9-26-20/h2-7,10-11,20H,8-9,12-13H2,1H3,(H,23,25)/t20-/m0/s1. The Bertz CT molecular complexity index is 952. The molecule has 0 spiro atoms. The lowest BCUT2D eigenvalue weighted by Gasteiger charge is -2.26. The van der Waals surface area contributed by atoms with Gasteiger partial charge >= 0.3 is 0 Å². The summed E-state index contributed by atoms with van der Waals surface area (Å²) in [4.78, 5) is 16.5. The molecule has 3 aromatic rings. The Morgan fingerprint density at radius 3 is 3.04 bits per heavy atom. The highest BCUT2D eigenvalue weighted by atomic mass is 16.5.